The lowest BCUT2D eigenvalue weighted by atomic mass is 9.96. The molecular weight excluding hydrogens is 258 g/mol. The first-order valence-corrected chi connectivity index (χ1v) is 6.01. The molecule has 6 nitrogen and oxygen atoms in total. The first kappa shape index (κ1) is 14.7. The molecule has 0 radical (unpaired) electrons. The van der Waals surface area contributed by atoms with Gasteiger partial charge in [-0.25, -0.2) is 4.98 Å². The highest BCUT2D eigenvalue weighted by molar-refractivity contribution is 6.30. The number of nitrogens with zero attached hydrogens (tertiary/aromatic N) is 2. The van der Waals surface area contributed by atoms with Crippen molar-refractivity contribution in [2.45, 2.75) is 32.2 Å². The second-order valence-electron chi connectivity index (χ2n) is 4.09. The maximum absolute atomic E-state index is 10.8. The SMILES string of the molecule is CCC(N)(CC)COc1ncc(Cl)cc1[N+](=O)[O-]. The number of rotatable bonds is 6. The molecule has 2 N–H and O–H groups in total. The molecule has 0 fully saturated rings. The van der Waals surface area contributed by atoms with Crippen molar-refractivity contribution >= 4 is 17.3 Å². The summed E-state index contributed by atoms with van der Waals surface area (Å²) in [7, 11) is 0. The number of nitro groups is 1. The van der Waals surface area contributed by atoms with Gasteiger partial charge in [0.15, 0.2) is 0 Å². The molecule has 0 aliphatic heterocycles. The molecule has 1 aromatic rings. The van der Waals surface area contributed by atoms with Gasteiger partial charge in [-0.3, -0.25) is 10.1 Å². The average Bonchev–Trinajstić information content (AvgIpc) is 2.36. The minimum atomic E-state index is -0.579. The van der Waals surface area contributed by atoms with E-state index in [9.17, 15) is 10.1 Å². The summed E-state index contributed by atoms with van der Waals surface area (Å²) in [6.45, 7) is 4.06. The molecule has 0 saturated carbocycles. The summed E-state index contributed by atoms with van der Waals surface area (Å²) in [4.78, 5) is 14.1. The lowest BCUT2D eigenvalue weighted by Gasteiger charge is -2.25. The van der Waals surface area contributed by atoms with E-state index in [-0.39, 0.29) is 23.2 Å². The molecule has 0 amide bonds. The summed E-state index contributed by atoms with van der Waals surface area (Å²) < 4.78 is 5.36. The molecule has 0 aliphatic carbocycles. The molecule has 0 saturated heterocycles. The van der Waals surface area contributed by atoms with Crippen molar-refractivity contribution in [3.63, 3.8) is 0 Å². The van der Waals surface area contributed by atoms with Crippen molar-refractivity contribution in [3.05, 3.63) is 27.4 Å². The van der Waals surface area contributed by atoms with Crippen molar-refractivity contribution in [2.75, 3.05) is 6.61 Å². The zero-order valence-corrected chi connectivity index (χ0v) is 11.1. The minimum absolute atomic E-state index is 0.0545. The highest BCUT2D eigenvalue weighted by atomic mass is 35.5. The number of hydrogen-bond acceptors (Lipinski definition) is 5. The van der Waals surface area contributed by atoms with Crippen molar-refractivity contribution in [1.82, 2.24) is 4.98 Å². The molecule has 0 unspecified atom stereocenters. The van der Waals surface area contributed by atoms with Crippen LogP contribution >= 0.6 is 11.6 Å². The van der Waals surface area contributed by atoms with E-state index in [1.807, 2.05) is 13.8 Å². The quantitative estimate of drug-likeness (QED) is 0.635. The molecule has 0 spiro atoms. The van der Waals surface area contributed by atoms with E-state index >= 15 is 0 Å². The lowest BCUT2D eigenvalue weighted by molar-refractivity contribution is -0.386. The third-order valence-electron chi connectivity index (χ3n) is 2.90. The maximum atomic E-state index is 10.8. The van der Waals surface area contributed by atoms with Crippen molar-refractivity contribution in [2.24, 2.45) is 5.73 Å². The number of halogens is 1. The van der Waals surface area contributed by atoms with Crippen LogP contribution in [0.2, 0.25) is 5.02 Å². The third-order valence-corrected chi connectivity index (χ3v) is 3.11. The van der Waals surface area contributed by atoms with Gasteiger partial charge < -0.3 is 10.5 Å². The zero-order valence-electron chi connectivity index (χ0n) is 10.4. The number of hydrogen-bond donors (Lipinski definition) is 1. The van der Waals surface area contributed by atoms with Gasteiger partial charge in [-0.1, -0.05) is 25.4 Å². The fourth-order valence-electron chi connectivity index (χ4n) is 1.32. The molecule has 100 valence electrons. The predicted octanol–water partition coefficient (Wildman–Crippen LogP) is 2.54. The van der Waals surface area contributed by atoms with E-state index in [4.69, 9.17) is 22.1 Å². The first-order chi connectivity index (χ1) is 8.41. The Kier molecular flexibility index (Phi) is 4.86. The Labute approximate surface area is 110 Å². The van der Waals surface area contributed by atoms with Crippen LogP contribution in [-0.2, 0) is 0 Å². The molecular formula is C11H16ClN3O3. The van der Waals surface area contributed by atoms with Crippen LogP contribution in [0.1, 0.15) is 26.7 Å². The Hall–Kier alpha value is -1.40. The first-order valence-electron chi connectivity index (χ1n) is 5.63. The summed E-state index contributed by atoms with van der Waals surface area (Å²) in [5.41, 5.74) is 5.29. The van der Waals surface area contributed by atoms with Gasteiger partial charge in [0, 0.05) is 11.6 Å². The molecule has 1 heterocycles. The largest absolute Gasteiger partial charge is 0.471 e. The van der Waals surface area contributed by atoms with Gasteiger partial charge in [-0.15, -0.1) is 0 Å². The fraction of sp³-hybridized carbons (Fsp3) is 0.545. The van der Waals surface area contributed by atoms with E-state index in [0.29, 0.717) is 12.8 Å². The molecule has 18 heavy (non-hydrogen) atoms. The number of ether oxygens (including phenoxy) is 1. The lowest BCUT2D eigenvalue weighted by Crippen LogP contribution is -2.44. The summed E-state index contributed by atoms with van der Waals surface area (Å²) in [6.07, 6.45) is 2.73. The predicted molar refractivity (Wildman–Crippen MR) is 68.9 cm³/mol. The second kappa shape index (κ2) is 5.97. The minimum Gasteiger partial charge on any atom is -0.471 e. The third kappa shape index (κ3) is 3.54. The van der Waals surface area contributed by atoms with Gasteiger partial charge in [0.05, 0.1) is 16.1 Å². The molecule has 0 aromatic carbocycles. The van der Waals surface area contributed by atoms with E-state index in [1.165, 1.54) is 12.3 Å². The van der Waals surface area contributed by atoms with Crippen LogP contribution in [0.4, 0.5) is 5.69 Å². The average molecular weight is 274 g/mol. The van der Waals surface area contributed by atoms with Crippen molar-refractivity contribution in [3.8, 4) is 5.88 Å². The molecule has 1 rings (SSSR count). The van der Waals surface area contributed by atoms with Gasteiger partial charge in [0.25, 0.3) is 5.88 Å². The Morgan fingerprint density at radius 1 is 1.56 bits per heavy atom. The number of nitrogens with two attached hydrogens (primary N) is 1. The van der Waals surface area contributed by atoms with Crippen LogP contribution < -0.4 is 10.5 Å². The highest BCUT2D eigenvalue weighted by Crippen LogP contribution is 2.28. The van der Waals surface area contributed by atoms with Crippen LogP contribution in [-0.4, -0.2) is 22.1 Å². The van der Waals surface area contributed by atoms with Crippen LogP contribution in [0.5, 0.6) is 5.88 Å². The van der Waals surface area contributed by atoms with Gasteiger partial charge >= 0.3 is 5.69 Å². The normalized spacial score (nSPS) is 11.3. The van der Waals surface area contributed by atoms with E-state index in [0.717, 1.165) is 0 Å². The summed E-state index contributed by atoms with van der Waals surface area (Å²) in [5.74, 6) is -0.0545. The van der Waals surface area contributed by atoms with Crippen molar-refractivity contribution in [1.29, 1.82) is 0 Å². The fourth-order valence-corrected chi connectivity index (χ4v) is 1.48. The van der Waals surface area contributed by atoms with Gasteiger partial charge in [0.1, 0.15) is 6.61 Å². The maximum Gasteiger partial charge on any atom is 0.332 e. The van der Waals surface area contributed by atoms with Gasteiger partial charge in [-0.05, 0) is 12.8 Å². The molecule has 1 aromatic heterocycles. The number of aromatic nitrogens is 1. The number of pyridine rings is 1. The summed E-state index contributed by atoms with van der Waals surface area (Å²) in [5, 5.41) is 11.0. The Balaban J connectivity index is 2.88. The Bertz CT molecular complexity index is 436. The molecule has 7 heteroatoms. The van der Waals surface area contributed by atoms with Crippen LogP contribution in [0.15, 0.2) is 12.3 Å². The molecule has 0 bridgehead atoms. The summed E-state index contributed by atoms with van der Waals surface area (Å²) >= 11 is 5.66. The summed E-state index contributed by atoms with van der Waals surface area (Å²) in [6, 6.07) is 1.21. The van der Waals surface area contributed by atoms with Crippen LogP contribution in [0.25, 0.3) is 0 Å². The Morgan fingerprint density at radius 3 is 2.67 bits per heavy atom. The Morgan fingerprint density at radius 2 is 2.17 bits per heavy atom. The van der Waals surface area contributed by atoms with Gasteiger partial charge in [0.2, 0.25) is 0 Å². The zero-order chi connectivity index (χ0) is 13.8. The van der Waals surface area contributed by atoms with E-state index < -0.39 is 10.5 Å². The van der Waals surface area contributed by atoms with E-state index in [2.05, 4.69) is 4.98 Å². The van der Waals surface area contributed by atoms with E-state index in [1.54, 1.807) is 0 Å². The topological polar surface area (TPSA) is 91.3 Å². The van der Waals surface area contributed by atoms with Crippen molar-refractivity contribution < 1.29 is 9.66 Å². The smallest absolute Gasteiger partial charge is 0.332 e. The van der Waals surface area contributed by atoms with Crippen LogP contribution in [0.3, 0.4) is 0 Å². The monoisotopic (exact) mass is 273 g/mol. The second-order valence-corrected chi connectivity index (χ2v) is 4.53. The van der Waals surface area contributed by atoms with Gasteiger partial charge in [-0.2, -0.15) is 0 Å². The molecule has 0 atom stereocenters. The van der Waals surface area contributed by atoms with Crippen LogP contribution in [0, 0.1) is 10.1 Å². The standard InChI is InChI=1S/C11H16ClN3O3/c1-3-11(13,4-2)7-18-10-9(15(16)17)5-8(12)6-14-10/h5-6H,3-4,7,13H2,1-2H3. The highest BCUT2D eigenvalue weighted by Gasteiger charge is 2.24. The molecule has 0 aliphatic rings.